The lowest BCUT2D eigenvalue weighted by atomic mass is 10.1. The summed E-state index contributed by atoms with van der Waals surface area (Å²) in [5.41, 5.74) is 2.86. The normalized spacial score (nSPS) is 10.7. The number of aromatic nitrogens is 1. The molecule has 3 nitrogen and oxygen atoms in total. The van der Waals surface area contributed by atoms with Gasteiger partial charge in [-0.3, -0.25) is 0 Å². The van der Waals surface area contributed by atoms with E-state index in [2.05, 4.69) is 4.98 Å². The number of rotatable bonds is 5. The largest absolute Gasteiger partial charge is 0.431 e. The third-order valence-electron chi connectivity index (χ3n) is 3.01. The fraction of sp³-hybridized carbons (Fsp3) is 0.118. The smallest absolute Gasteiger partial charge is 0.256 e. The number of hydrogen-bond donors (Lipinski definition) is 1. The van der Waals surface area contributed by atoms with Crippen LogP contribution >= 0.6 is 11.8 Å². The van der Waals surface area contributed by atoms with E-state index in [0.717, 1.165) is 22.6 Å². The number of benzene rings is 2. The zero-order valence-electron chi connectivity index (χ0n) is 11.4. The Hall–Kier alpha value is -2.04. The fourth-order valence-corrected chi connectivity index (χ4v) is 2.64. The molecule has 106 valence electrons. The van der Waals surface area contributed by atoms with Gasteiger partial charge in [-0.25, -0.2) is 4.98 Å². The van der Waals surface area contributed by atoms with Crippen LogP contribution in [0.25, 0.3) is 22.6 Å². The van der Waals surface area contributed by atoms with Gasteiger partial charge >= 0.3 is 0 Å². The number of thioether (sulfide) groups is 1. The monoisotopic (exact) mass is 297 g/mol. The molecule has 0 radical (unpaired) electrons. The quantitative estimate of drug-likeness (QED) is 0.720. The molecule has 0 aliphatic heterocycles. The number of nitrogens with zero attached hydrogens (tertiary/aromatic N) is 1. The van der Waals surface area contributed by atoms with Crippen molar-refractivity contribution in [3.8, 4) is 22.6 Å². The van der Waals surface area contributed by atoms with Gasteiger partial charge in [0.2, 0.25) is 0 Å². The SMILES string of the molecule is OCCSc1nc(-c2ccccc2)c(-c2ccccc2)o1. The molecule has 0 aliphatic rings. The fourth-order valence-electron chi connectivity index (χ4n) is 2.07. The van der Waals surface area contributed by atoms with Crippen LogP contribution in [0.2, 0.25) is 0 Å². The molecule has 0 atom stereocenters. The summed E-state index contributed by atoms with van der Waals surface area (Å²) in [5.74, 6) is 1.34. The van der Waals surface area contributed by atoms with Gasteiger partial charge < -0.3 is 9.52 Å². The minimum Gasteiger partial charge on any atom is -0.431 e. The summed E-state index contributed by atoms with van der Waals surface area (Å²) in [5, 5.41) is 9.53. The van der Waals surface area contributed by atoms with Crippen molar-refractivity contribution in [1.29, 1.82) is 0 Å². The van der Waals surface area contributed by atoms with E-state index >= 15 is 0 Å². The molecule has 0 saturated heterocycles. The number of oxazole rings is 1. The van der Waals surface area contributed by atoms with Crippen molar-refractivity contribution in [3.63, 3.8) is 0 Å². The van der Waals surface area contributed by atoms with Crippen LogP contribution in [-0.2, 0) is 0 Å². The molecule has 4 heteroatoms. The van der Waals surface area contributed by atoms with E-state index in [-0.39, 0.29) is 6.61 Å². The second-order valence-electron chi connectivity index (χ2n) is 4.46. The summed E-state index contributed by atoms with van der Waals surface area (Å²) in [4.78, 5) is 4.58. The predicted octanol–water partition coefficient (Wildman–Crippen LogP) is 4.09. The van der Waals surface area contributed by atoms with Gasteiger partial charge in [-0.05, 0) is 0 Å². The van der Waals surface area contributed by atoms with Gasteiger partial charge in [-0.15, -0.1) is 0 Å². The van der Waals surface area contributed by atoms with Gasteiger partial charge in [0.15, 0.2) is 5.76 Å². The van der Waals surface area contributed by atoms with E-state index in [0.29, 0.717) is 11.0 Å². The van der Waals surface area contributed by atoms with Crippen LogP contribution in [0.5, 0.6) is 0 Å². The average Bonchev–Trinajstić information content (AvgIpc) is 2.99. The van der Waals surface area contributed by atoms with Crippen LogP contribution in [0.15, 0.2) is 70.3 Å². The molecular weight excluding hydrogens is 282 g/mol. The van der Waals surface area contributed by atoms with Gasteiger partial charge in [0, 0.05) is 16.9 Å². The van der Waals surface area contributed by atoms with Crippen molar-refractivity contribution in [2.75, 3.05) is 12.4 Å². The van der Waals surface area contributed by atoms with Crippen molar-refractivity contribution in [2.24, 2.45) is 0 Å². The number of aliphatic hydroxyl groups excluding tert-OH is 1. The standard InChI is InChI=1S/C17H15NO2S/c19-11-12-21-17-18-15(13-7-3-1-4-8-13)16(20-17)14-9-5-2-6-10-14/h1-10,19H,11-12H2. The maximum atomic E-state index is 8.95. The minimum atomic E-state index is 0.106. The minimum absolute atomic E-state index is 0.106. The molecule has 0 bridgehead atoms. The topological polar surface area (TPSA) is 46.3 Å². The molecule has 3 rings (SSSR count). The van der Waals surface area contributed by atoms with Gasteiger partial charge in [-0.1, -0.05) is 72.4 Å². The summed E-state index contributed by atoms with van der Waals surface area (Å²) < 4.78 is 5.90. The first-order valence-electron chi connectivity index (χ1n) is 6.74. The lowest BCUT2D eigenvalue weighted by molar-refractivity contribution is 0.322. The summed E-state index contributed by atoms with van der Waals surface area (Å²) >= 11 is 1.42. The molecule has 2 aromatic carbocycles. The Morgan fingerprint density at radius 3 is 2.14 bits per heavy atom. The molecule has 0 fully saturated rings. The van der Waals surface area contributed by atoms with Crippen LogP contribution in [0.1, 0.15) is 0 Å². The second-order valence-corrected chi connectivity index (χ2v) is 5.51. The molecule has 3 aromatic rings. The molecule has 0 saturated carbocycles. The molecule has 1 heterocycles. The summed E-state index contributed by atoms with van der Waals surface area (Å²) in [7, 11) is 0. The Kier molecular flexibility index (Phi) is 4.38. The third-order valence-corrected chi connectivity index (χ3v) is 3.82. The highest BCUT2D eigenvalue weighted by Crippen LogP contribution is 2.35. The Bertz CT molecular complexity index is 638. The Morgan fingerprint density at radius 1 is 0.905 bits per heavy atom. The number of aliphatic hydroxyl groups is 1. The first-order valence-corrected chi connectivity index (χ1v) is 7.72. The highest BCUT2D eigenvalue weighted by Gasteiger charge is 2.16. The molecule has 1 aromatic heterocycles. The van der Waals surface area contributed by atoms with Crippen molar-refractivity contribution < 1.29 is 9.52 Å². The van der Waals surface area contributed by atoms with Gasteiger partial charge in [0.25, 0.3) is 5.22 Å². The van der Waals surface area contributed by atoms with E-state index in [1.807, 2.05) is 60.7 Å². The maximum Gasteiger partial charge on any atom is 0.256 e. The summed E-state index contributed by atoms with van der Waals surface area (Å²) in [6.45, 7) is 0.106. The predicted molar refractivity (Wildman–Crippen MR) is 85.2 cm³/mol. The Labute approximate surface area is 127 Å². The van der Waals surface area contributed by atoms with E-state index in [4.69, 9.17) is 9.52 Å². The first-order chi connectivity index (χ1) is 10.4. The van der Waals surface area contributed by atoms with E-state index in [9.17, 15) is 0 Å². The van der Waals surface area contributed by atoms with Crippen LogP contribution < -0.4 is 0 Å². The van der Waals surface area contributed by atoms with E-state index < -0.39 is 0 Å². The van der Waals surface area contributed by atoms with Crippen molar-refractivity contribution >= 4 is 11.8 Å². The van der Waals surface area contributed by atoms with Gasteiger partial charge in [-0.2, -0.15) is 0 Å². The zero-order chi connectivity index (χ0) is 14.5. The van der Waals surface area contributed by atoms with E-state index in [1.54, 1.807) is 0 Å². The lowest BCUT2D eigenvalue weighted by Gasteiger charge is -2.00. The average molecular weight is 297 g/mol. The Balaban J connectivity index is 2.06. The molecule has 0 aliphatic carbocycles. The summed E-state index contributed by atoms with van der Waals surface area (Å²) in [6.07, 6.45) is 0. The first kappa shape index (κ1) is 13.9. The zero-order valence-corrected chi connectivity index (χ0v) is 12.2. The molecular formula is C17H15NO2S. The van der Waals surface area contributed by atoms with Crippen molar-refractivity contribution in [1.82, 2.24) is 4.98 Å². The second kappa shape index (κ2) is 6.61. The van der Waals surface area contributed by atoms with E-state index in [1.165, 1.54) is 11.8 Å². The third kappa shape index (κ3) is 3.17. The summed E-state index contributed by atoms with van der Waals surface area (Å²) in [6, 6.07) is 19.9. The van der Waals surface area contributed by atoms with Crippen LogP contribution in [0.4, 0.5) is 0 Å². The highest BCUT2D eigenvalue weighted by molar-refractivity contribution is 7.99. The number of hydrogen-bond acceptors (Lipinski definition) is 4. The molecule has 0 unspecified atom stereocenters. The van der Waals surface area contributed by atoms with Crippen molar-refractivity contribution in [2.45, 2.75) is 5.22 Å². The molecule has 1 N–H and O–H groups in total. The van der Waals surface area contributed by atoms with Crippen LogP contribution in [0.3, 0.4) is 0 Å². The van der Waals surface area contributed by atoms with Crippen LogP contribution in [-0.4, -0.2) is 22.5 Å². The Morgan fingerprint density at radius 2 is 1.52 bits per heavy atom. The van der Waals surface area contributed by atoms with Gasteiger partial charge in [0.05, 0.1) is 6.61 Å². The molecule has 0 spiro atoms. The lowest BCUT2D eigenvalue weighted by Crippen LogP contribution is -1.85. The maximum absolute atomic E-state index is 8.95. The molecule has 0 amide bonds. The highest BCUT2D eigenvalue weighted by atomic mass is 32.2. The molecule has 21 heavy (non-hydrogen) atoms. The van der Waals surface area contributed by atoms with Gasteiger partial charge in [0.1, 0.15) is 5.69 Å². The van der Waals surface area contributed by atoms with Crippen molar-refractivity contribution in [3.05, 3.63) is 60.7 Å². The van der Waals surface area contributed by atoms with Crippen LogP contribution in [0, 0.1) is 0 Å².